The Morgan fingerprint density at radius 1 is 1.19 bits per heavy atom. The maximum atomic E-state index is 10.9. The van der Waals surface area contributed by atoms with Crippen LogP contribution in [0.1, 0.15) is 57.9 Å². The number of unbranched alkanes of at least 4 members (excludes halogenated alkanes) is 3. The summed E-state index contributed by atoms with van der Waals surface area (Å²) in [4.78, 5) is 13.1. The van der Waals surface area contributed by atoms with Gasteiger partial charge in [-0.05, 0) is 32.4 Å². The van der Waals surface area contributed by atoms with E-state index in [2.05, 4.69) is 49.9 Å². The van der Waals surface area contributed by atoms with Crippen LogP contribution in [0.2, 0.25) is 0 Å². The summed E-state index contributed by atoms with van der Waals surface area (Å²) in [6, 6.07) is 8.75. The van der Waals surface area contributed by atoms with E-state index in [0.29, 0.717) is 12.6 Å². The largest absolute Gasteiger partial charge is 0.481 e. The number of nitrogens with zero attached hydrogens (tertiary/aromatic N) is 1. The zero-order chi connectivity index (χ0) is 15.7. The number of carboxylic acids is 1. The topological polar surface area (TPSA) is 40.5 Å². The number of aliphatic carboxylic acids is 1. The molecule has 0 fully saturated rings. The van der Waals surface area contributed by atoms with E-state index in [4.69, 9.17) is 5.11 Å². The van der Waals surface area contributed by atoms with E-state index in [-0.39, 0.29) is 6.42 Å². The Bertz CT molecular complexity index is 414. The maximum absolute atomic E-state index is 10.9. The number of benzene rings is 1. The van der Waals surface area contributed by atoms with Gasteiger partial charge in [0.2, 0.25) is 0 Å². The molecule has 1 aromatic carbocycles. The van der Waals surface area contributed by atoms with Crippen LogP contribution in [0.5, 0.6) is 0 Å². The third-order valence-electron chi connectivity index (χ3n) is 3.94. The Balaban J connectivity index is 2.66. The highest BCUT2D eigenvalue weighted by Gasteiger charge is 2.15. The zero-order valence-electron chi connectivity index (χ0n) is 13.6. The molecule has 0 aliphatic rings. The van der Waals surface area contributed by atoms with Gasteiger partial charge < -0.3 is 10.0 Å². The Hall–Kier alpha value is -1.51. The average molecular weight is 291 g/mol. The molecule has 3 nitrogen and oxygen atoms in total. The predicted octanol–water partition coefficient (Wildman–Crippen LogP) is 4.64. The number of aryl methyl sites for hydroxylation is 1. The number of carbonyl (C=O) groups is 1. The highest BCUT2D eigenvalue weighted by atomic mass is 16.4. The highest BCUT2D eigenvalue weighted by molar-refractivity contribution is 5.67. The van der Waals surface area contributed by atoms with Crippen molar-refractivity contribution in [2.24, 2.45) is 0 Å². The first-order valence-corrected chi connectivity index (χ1v) is 8.09. The molecule has 0 saturated carbocycles. The lowest BCUT2D eigenvalue weighted by atomic mass is 10.1. The molecule has 118 valence electrons. The summed E-state index contributed by atoms with van der Waals surface area (Å²) in [5.41, 5.74) is 2.36. The number of hydrogen-bond acceptors (Lipinski definition) is 2. The lowest BCUT2D eigenvalue weighted by Crippen LogP contribution is -2.35. The average Bonchev–Trinajstić information content (AvgIpc) is 2.45. The van der Waals surface area contributed by atoms with E-state index >= 15 is 0 Å². The molecule has 0 aromatic heterocycles. The molecule has 1 atom stereocenters. The van der Waals surface area contributed by atoms with Gasteiger partial charge >= 0.3 is 5.97 Å². The summed E-state index contributed by atoms with van der Waals surface area (Å²) in [6.45, 7) is 7.06. The predicted molar refractivity (Wildman–Crippen MR) is 89.0 cm³/mol. The molecule has 0 bridgehead atoms. The van der Waals surface area contributed by atoms with Gasteiger partial charge in [-0.15, -0.1) is 0 Å². The quantitative estimate of drug-likeness (QED) is 0.639. The monoisotopic (exact) mass is 291 g/mol. The van der Waals surface area contributed by atoms with Gasteiger partial charge in [-0.3, -0.25) is 4.79 Å². The standard InChI is InChI=1S/C18H29NO2/c1-4-5-6-7-8-16(3)19(14-13-18(20)21)17-11-9-15(2)10-12-17/h9-12,16H,4-8,13-14H2,1-3H3,(H,20,21). The highest BCUT2D eigenvalue weighted by Crippen LogP contribution is 2.21. The third-order valence-corrected chi connectivity index (χ3v) is 3.94. The van der Waals surface area contributed by atoms with Crippen LogP contribution in [0.25, 0.3) is 0 Å². The van der Waals surface area contributed by atoms with E-state index in [1.165, 1.54) is 31.2 Å². The van der Waals surface area contributed by atoms with Crippen LogP contribution in [0.15, 0.2) is 24.3 Å². The minimum atomic E-state index is -0.731. The number of rotatable bonds is 10. The van der Waals surface area contributed by atoms with Crippen LogP contribution in [0.4, 0.5) is 5.69 Å². The fraction of sp³-hybridized carbons (Fsp3) is 0.611. The molecule has 0 aliphatic heterocycles. The minimum absolute atomic E-state index is 0.188. The van der Waals surface area contributed by atoms with Gasteiger partial charge in [0.05, 0.1) is 6.42 Å². The first-order chi connectivity index (χ1) is 10.0. The molecule has 1 unspecified atom stereocenters. The summed E-state index contributed by atoms with van der Waals surface area (Å²) in [5.74, 6) is -0.731. The van der Waals surface area contributed by atoms with Crippen LogP contribution in [-0.4, -0.2) is 23.7 Å². The van der Waals surface area contributed by atoms with Crippen molar-refractivity contribution in [1.82, 2.24) is 0 Å². The van der Waals surface area contributed by atoms with Crippen molar-refractivity contribution < 1.29 is 9.90 Å². The van der Waals surface area contributed by atoms with Crippen LogP contribution in [0, 0.1) is 6.92 Å². The van der Waals surface area contributed by atoms with Crippen LogP contribution in [0.3, 0.4) is 0 Å². The van der Waals surface area contributed by atoms with Gasteiger partial charge in [-0.1, -0.05) is 50.3 Å². The molecule has 1 aromatic rings. The van der Waals surface area contributed by atoms with Crippen molar-refractivity contribution in [2.75, 3.05) is 11.4 Å². The van der Waals surface area contributed by atoms with Crippen LogP contribution < -0.4 is 4.90 Å². The molecule has 0 heterocycles. The zero-order valence-corrected chi connectivity index (χ0v) is 13.6. The van der Waals surface area contributed by atoms with E-state index in [0.717, 1.165) is 12.1 Å². The van der Waals surface area contributed by atoms with E-state index in [9.17, 15) is 4.79 Å². The number of hydrogen-bond donors (Lipinski definition) is 1. The fourth-order valence-electron chi connectivity index (χ4n) is 2.58. The first kappa shape index (κ1) is 17.5. The Morgan fingerprint density at radius 2 is 1.86 bits per heavy atom. The van der Waals surface area contributed by atoms with E-state index in [1.807, 2.05) is 0 Å². The molecule has 0 amide bonds. The third kappa shape index (κ3) is 6.65. The summed E-state index contributed by atoms with van der Waals surface area (Å²) in [5, 5.41) is 8.95. The van der Waals surface area contributed by atoms with Crippen molar-refractivity contribution in [3.8, 4) is 0 Å². The lowest BCUT2D eigenvalue weighted by molar-refractivity contribution is -0.136. The smallest absolute Gasteiger partial charge is 0.305 e. The number of carboxylic acid groups (broad SMARTS) is 1. The molecular weight excluding hydrogens is 262 g/mol. The molecule has 1 N–H and O–H groups in total. The van der Waals surface area contributed by atoms with Gasteiger partial charge in [-0.25, -0.2) is 0 Å². The molecule has 1 rings (SSSR count). The second kappa shape index (κ2) is 9.43. The molecule has 0 spiro atoms. The summed E-state index contributed by atoms with van der Waals surface area (Å²) >= 11 is 0. The molecule has 0 saturated heterocycles. The van der Waals surface area contributed by atoms with Gasteiger partial charge in [0.1, 0.15) is 0 Å². The van der Waals surface area contributed by atoms with E-state index < -0.39 is 5.97 Å². The van der Waals surface area contributed by atoms with E-state index in [1.54, 1.807) is 0 Å². The summed E-state index contributed by atoms with van der Waals surface area (Å²) in [7, 11) is 0. The minimum Gasteiger partial charge on any atom is -0.481 e. The molecule has 21 heavy (non-hydrogen) atoms. The van der Waals surface area contributed by atoms with Crippen molar-refractivity contribution in [1.29, 1.82) is 0 Å². The summed E-state index contributed by atoms with van der Waals surface area (Å²) in [6.07, 6.45) is 6.31. The van der Waals surface area contributed by atoms with Gasteiger partial charge in [0.25, 0.3) is 0 Å². The van der Waals surface area contributed by atoms with Crippen LogP contribution in [-0.2, 0) is 4.79 Å². The second-order valence-electron chi connectivity index (χ2n) is 5.87. The lowest BCUT2D eigenvalue weighted by Gasteiger charge is -2.31. The van der Waals surface area contributed by atoms with Crippen molar-refractivity contribution in [3.05, 3.63) is 29.8 Å². The molecule has 3 heteroatoms. The van der Waals surface area contributed by atoms with Crippen molar-refractivity contribution in [2.45, 2.75) is 65.3 Å². The van der Waals surface area contributed by atoms with Crippen LogP contribution >= 0.6 is 0 Å². The normalized spacial score (nSPS) is 12.1. The maximum Gasteiger partial charge on any atom is 0.305 e. The number of anilines is 1. The van der Waals surface area contributed by atoms with Crippen molar-refractivity contribution >= 4 is 11.7 Å². The molecule has 0 radical (unpaired) electrons. The van der Waals surface area contributed by atoms with Gasteiger partial charge in [0.15, 0.2) is 0 Å². The Kier molecular flexibility index (Phi) is 7.88. The SMILES string of the molecule is CCCCCCC(C)N(CCC(=O)O)c1ccc(C)cc1. The Labute approximate surface area is 129 Å². The summed E-state index contributed by atoms with van der Waals surface area (Å²) < 4.78 is 0. The molecule has 0 aliphatic carbocycles. The van der Waals surface area contributed by atoms with Gasteiger partial charge in [-0.2, -0.15) is 0 Å². The van der Waals surface area contributed by atoms with Crippen molar-refractivity contribution in [3.63, 3.8) is 0 Å². The fourth-order valence-corrected chi connectivity index (χ4v) is 2.58. The van der Waals surface area contributed by atoms with Gasteiger partial charge in [0, 0.05) is 18.3 Å². The Morgan fingerprint density at radius 3 is 2.43 bits per heavy atom. The second-order valence-corrected chi connectivity index (χ2v) is 5.87. The molecular formula is C18H29NO2. The first-order valence-electron chi connectivity index (χ1n) is 8.09.